The van der Waals surface area contributed by atoms with Crippen LogP contribution in [0.15, 0.2) is 35.0 Å². The van der Waals surface area contributed by atoms with Crippen molar-refractivity contribution in [3.8, 4) is 17.1 Å². The van der Waals surface area contributed by atoms with Gasteiger partial charge in [0.15, 0.2) is 5.65 Å². The van der Waals surface area contributed by atoms with E-state index < -0.39 is 0 Å². The van der Waals surface area contributed by atoms with Gasteiger partial charge in [-0.2, -0.15) is 10.1 Å². The summed E-state index contributed by atoms with van der Waals surface area (Å²) in [4.78, 5) is 18.4. The lowest BCUT2D eigenvalue weighted by Crippen LogP contribution is -2.46. The first-order chi connectivity index (χ1) is 15.1. The van der Waals surface area contributed by atoms with Crippen LogP contribution in [0.25, 0.3) is 22.4 Å². The van der Waals surface area contributed by atoms with Gasteiger partial charge in [0.25, 0.3) is 0 Å². The minimum atomic E-state index is 0.572. The number of aryl methyl sites for hydroxylation is 2. The van der Waals surface area contributed by atoms with E-state index in [-0.39, 0.29) is 0 Å². The molecule has 0 amide bonds. The molecule has 4 heterocycles. The van der Waals surface area contributed by atoms with E-state index in [2.05, 4.69) is 30.0 Å². The predicted molar refractivity (Wildman–Crippen MR) is 115 cm³/mol. The lowest BCUT2D eigenvalue weighted by molar-refractivity contribution is 0.215. The first kappa shape index (κ1) is 19.4. The van der Waals surface area contributed by atoms with Crippen LogP contribution in [0.2, 0.25) is 0 Å². The second-order valence-electron chi connectivity index (χ2n) is 7.61. The van der Waals surface area contributed by atoms with Crippen molar-refractivity contribution in [3.63, 3.8) is 0 Å². The summed E-state index contributed by atoms with van der Waals surface area (Å²) in [7, 11) is 3.54. The highest BCUT2D eigenvalue weighted by atomic mass is 16.5. The minimum Gasteiger partial charge on any atom is -0.497 e. The average molecular weight is 420 g/mol. The molecular formula is C21H24N8O2. The molecule has 0 unspecified atom stereocenters. The first-order valence-electron chi connectivity index (χ1n) is 10.2. The second kappa shape index (κ2) is 7.95. The maximum atomic E-state index is 5.49. The Bertz CT molecular complexity index is 1210. The first-order valence-corrected chi connectivity index (χ1v) is 10.2. The zero-order chi connectivity index (χ0) is 21.4. The Kier molecular flexibility index (Phi) is 4.99. The summed E-state index contributed by atoms with van der Waals surface area (Å²) in [5.41, 5.74) is 1.74. The van der Waals surface area contributed by atoms with Crippen molar-refractivity contribution in [1.29, 1.82) is 0 Å². The molecule has 0 spiro atoms. The van der Waals surface area contributed by atoms with E-state index >= 15 is 0 Å². The highest BCUT2D eigenvalue weighted by Crippen LogP contribution is 2.25. The number of benzene rings is 1. The normalized spacial score (nSPS) is 15.0. The monoisotopic (exact) mass is 420 g/mol. The molecule has 31 heavy (non-hydrogen) atoms. The predicted octanol–water partition coefficient (Wildman–Crippen LogP) is 2.05. The number of hydrogen-bond acceptors (Lipinski definition) is 9. The highest BCUT2D eigenvalue weighted by molar-refractivity contribution is 5.87. The molecule has 0 atom stereocenters. The van der Waals surface area contributed by atoms with Gasteiger partial charge in [-0.1, -0.05) is 17.3 Å². The zero-order valence-corrected chi connectivity index (χ0v) is 17.8. The Hall–Kier alpha value is -3.53. The lowest BCUT2D eigenvalue weighted by atomic mass is 10.2. The van der Waals surface area contributed by atoms with Crippen LogP contribution in [-0.2, 0) is 13.6 Å². The minimum absolute atomic E-state index is 0.572. The van der Waals surface area contributed by atoms with Crippen molar-refractivity contribution in [2.75, 3.05) is 38.2 Å². The van der Waals surface area contributed by atoms with Crippen LogP contribution in [0.3, 0.4) is 0 Å². The van der Waals surface area contributed by atoms with Gasteiger partial charge in [0.1, 0.15) is 17.4 Å². The number of piperazine rings is 1. The Balaban J connectivity index is 1.25. The number of aromatic nitrogens is 6. The van der Waals surface area contributed by atoms with E-state index in [1.54, 1.807) is 11.8 Å². The van der Waals surface area contributed by atoms with Gasteiger partial charge in [-0.05, 0) is 19.1 Å². The van der Waals surface area contributed by atoms with Gasteiger partial charge >= 0.3 is 0 Å². The largest absolute Gasteiger partial charge is 0.497 e. The number of anilines is 1. The van der Waals surface area contributed by atoms with Crippen molar-refractivity contribution in [2.45, 2.75) is 13.5 Å². The van der Waals surface area contributed by atoms with Gasteiger partial charge in [-0.25, -0.2) is 9.97 Å². The molecule has 0 bridgehead atoms. The van der Waals surface area contributed by atoms with E-state index in [0.717, 1.165) is 60.2 Å². The fourth-order valence-electron chi connectivity index (χ4n) is 3.86. The summed E-state index contributed by atoms with van der Waals surface area (Å²) in [6.45, 7) is 6.01. The van der Waals surface area contributed by atoms with Crippen LogP contribution in [0.1, 0.15) is 11.7 Å². The molecular weight excluding hydrogens is 396 g/mol. The molecule has 160 valence electrons. The fraction of sp³-hybridized carbons (Fsp3) is 0.381. The topological polar surface area (TPSA) is 98.2 Å². The Labute approximate surface area is 179 Å². The number of ether oxygens (including phenoxy) is 1. The molecule has 10 heteroatoms. The molecule has 0 radical (unpaired) electrons. The third kappa shape index (κ3) is 3.81. The van der Waals surface area contributed by atoms with Crippen LogP contribution in [0.5, 0.6) is 5.75 Å². The smallest absolute Gasteiger partial charge is 0.241 e. The molecule has 0 N–H and O–H groups in total. The summed E-state index contributed by atoms with van der Waals surface area (Å²) in [5.74, 6) is 3.65. The fourth-order valence-corrected chi connectivity index (χ4v) is 3.86. The van der Waals surface area contributed by atoms with Crippen molar-refractivity contribution in [2.24, 2.45) is 7.05 Å². The third-order valence-electron chi connectivity index (χ3n) is 5.51. The average Bonchev–Trinajstić information content (AvgIpc) is 3.41. The van der Waals surface area contributed by atoms with Crippen LogP contribution in [0.4, 0.5) is 5.82 Å². The summed E-state index contributed by atoms with van der Waals surface area (Å²) < 4.78 is 12.6. The molecule has 5 rings (SSSR count). The van der Waals surface area contributed by atoms with Gasteiger partial charge in [-0.3, -0.25) is 9.58 Å². The zero-order valence-electron chi connectivity index (χ0n) is 17.8. The Morgan fingerprint density at radius 1 is 1.10 bits per heavy atom. The number of hydrogen-bond donors (Lipinski definition) is 0. The molecule has 4 aromatic rings. The molecule has 3 aromatic heterocycles. The van der Waals surface area contributed by atoms with E-state index in [1.165, 1.54) is 0 Å². The molecule has 1 saturated heterocycles. The molecule has 1 fully saturated rings. The number of rotatable bonds is 5. The van der Waals surface area contributed by atoms with Gasteiger partial charge in [0.05, 0.1) is 25.2 Å². The molecule has 0 aliphatic carbocycles. The molecule has 1 aliphatic rings. The van der Waals surface area contributed by atoms with Gasteiger partial charge in [0, 0.05) is 38.8 Å². The molecule has 1 aromatic carbocycles. The summed E-state index contributed by atoms with van der Waals surface area (Å²) in [5, 5.41) is 9.46. The molecule has 0 saturated carbocycles. The van der Waals surface area contributed by atoms with Crippen molar-refractivity contribution >= 4 is 16.9 Å². The van der Waals surface area contributed by atoms with Crippen LogP contribution in [-0.4, -0.2) is 68.1 Å². The van der Waals surface area contributed by atoms with Gasteiger partial charge in [0.2, 0.25) is 11.7 Å². The number of methoxy groups -OCH3 is 1. The number of nitrogens with zero attached hydrogens (tertiary/aromatic N) is 8. The van der Waals surface area contributed by atoms with Crippen molar-refractivity contribution in [3.05, 3.63) is 42.2 Å². The van der Waals surface area contributed by atoms with E-state index in [1.807, 2.05) is 44.4 Å². The maximum absolute atomic E-state index is 5.49. The van der Waals surface area contributed by atoms with Crippen LogP contribution < -0.4 is 9.64 Å². The third-order valence-corrected chi connectivity index (χ3v) is 5.51. The SMILES string of the molecule is COc1cccc(-c2noc(CN3CCN(c4nc(C)nc5c4cnn5C)CC3)n2)c1. The van der Waals surface area contributed by atoms with Crippen molar-refractivity contribution in [1.82, 2.24) is 34.8 Å². The second-order valence-corrected chi connectivity index (χ2v) is 7.61. The lowest BCUT2D eigenvalue weighted by Gasteiger charge is -2.34. The van der Waals surface area contributed by atoms with E-state index in [9.17, 15) is 0 Å². The summed E-state index contributed by atoms with van der Waals surface area (Å²) >= 11 is 0. The Morgan fingerprint density at radius 2 is 1.94 bits per heavy atom. The van der Waals surface area contributed by atoms with E-state index in [0.29, 0.717) is 18.3 Å². The summed E-state index contributed by atoms with van der Waals surface area (Å²) in [6, 6.07) is 7.65. The number of fused-ring (bicyclic) bond motifs is 1. The van der Waals surface area contributed by atoms with Crippen molar-refractivity contribution < 1.29 is 9.26 Å². The van der Waals surface area contributed by atoms with Gasteiger partial charge in [-0.15, -0.1) is 0 Å². The Morgan fingerprint density at radius 3 is 2.74 bits per heavy atom. The highest BCUT2D eigenvalue weighted by Gasteiger charge is 2.23. The standard InChI is InChI=1S/C21H24N8O2/c1-14-23-20-17(12-22-27(20)2)21(24-14)29-9-7-28(8-10-29)13-18-25-19(26-31-18)15-5-4-6-16(11-15)30-3/h4-6,11-12H,7-10,13H2,1-3H3. The van der Waals surface area contributed by atoms with Crippen LogP contribution in [0, 0.1) is 6.92 Å². The molecule has 1 aliphatic heterocycles. The van der Waals surface area contributed by atoms with Gasteiger partial charge < -0.3 is 14.2 Å². The van der Waals surface area contributed by atoms with E-state index in [4.69, 9.17) is 14.2 Å². The van der Waals surface area contributed by atoms with Crippen LogP contribution >= 0.6 is 0 Å². The molecule has 10 nitrogen and oxygen atoms in total. The maximum Gasteiger partial charge on any atom is 0.241 e. The summed E-state index contributed by atoms with van der Waals surface area (Å²) in [6.07, 6.45) is 1.84. The quantitative estimate of drug-likeness (QED) is 0.480.